The third kappa shape index (κ3) is 7.93. The average Bonchev–Trinajstić information content (AvgIpc) is 2.65. The van der Waals surface area contributed by atoms with Crippen LogP contribution in [0.4, 0.5) is 16.2 Å². The van der Waals surface area contributed by atoms with E-state index >= 15 is 0 Å². The molecule has 0 aliphatic carbocycles. The van der Waals surface area contributed by atoms with Crippen LogP contribution in [0.5, 0.6) is 0 Å². The molecule has 1 aromatic carbocycles. The van der Waals surface area contributed by atoms with Crippen molar-refractivity contribution in [1.82, 2.24) is 10.2 Å². The largest absolute Gasteiger partial charge is 0.444 e. The van der Waals surface area contributed by atoms with Crippen LogP contribution in [0.25, 0.3) is 0 Å². The number of nitrogens with one attached hydrogen (secondary N) is 2. The van der Waals surface area contributed by atoms with Gasteiger partial charge >= 0.3 is 6.09 Å². The molecule has 1 heterocycles. The molecule has 7 heteroatoms. The second-order valence-corrected chi connectivity index (χ2v) is 8.67. The first kappa shape index (κ1) is 23.0. The van der Waals surface area contributed by atoms with Crippen LogP contribution < -0.4 is 15.5 Å². The third-order valence-corrected chi connectivity index (χ3v) is 4.86. The number of ether oxygens (including phenoxy) is 1. The molecule has 0 unspecified atom stereocenters. The fourth-order valence-corrected chi connectivity index (χ4v) is 3.18. The van der Waals surface area contributed by atoms with Crippen molar-refractivity contribution in [2.24, 2.45) is 0 Å². The monoisotopic (exact) mass is 404 g/mol. The number of unbranched alkanes of at least 4 members (excludes halogenated alkanes) is 1. The molecule has 162 valence electrons. The molecule has 29 heavy (non-hydrogen) atoms. The maximum absolute atomic E-state index is 12.7. The van der Waals surface area contributed by atoms with Gasteiger partial charge in [-0.3, -0.25) is 4.79 Å². The first-order valence-electron chi connectivity index (χ1n) is 10.5. The maximum Gasteiger partial charge on any atom is 0.408 e. The molecule has 2 N–H and O–H groups in total. The number of alkyl carbamates (subject to hydrolysis) is 1. The molecule has 0 saturated carbocycles. The number of nitrogens with zero attached hydrogens (tertiary/aromatic N) is 2. The predicted octanol–water partition coefficient (Wildman–Crippen LogP) is 3.46. The molecule has 0 bridgehead atoms. The quantitative estimate of drug-likeness (QED) is 0.728. The second kappa shape index (κ2) is 10.5. The van der Waals surface area contributed by atoms with Gasteiger partial charge < -0.3 is 25.2 Å². The molecule has 1 fully saturated rings. The third-order valence-electron chi connectivity index (χ3n) is 4.86. The van der Waals surface area contributed by atoms with Gasteiger partial charge in [-0.1, -0.05) is 19.8 Å². The zero-order valence-corrected chi connectivity index (χ0v) is 18.5. The molecular weight excluding hydrogens is 368 g/mol. The van der Waals surface area contributed by atoms with Gasteiger partial charge in [-0.15, -0.1) is 0 Å². The van der Waals surface area contributed by atoms with Gasteiger partial charge in [0, 0.05) is 37.6 Å². The lowest BCUT2D eigenvalue weighted by Gasteiger charge is -2.34. The molecule has 2 amide bonds. The van der Waals surface area contributed by atoms with E-state index in [2.05, 4.69) is 34.4 Å². The Bertz CT molecular complexity index is 662. The highest BCUT2D eigenvalue weighted by atomic mass is 16.6. The Hall–Kier alpha value is -2.28. The normalized spacial score (nSPS) is 16.2. The van der Waals surface area contributed by atoms with Crippen molar-refractivity contribution in [1.29, 1.82) is 0 Å². The molecule has 0 spiro atoms. The summed E-state index contributed by atoms with van der Waals surface area (Å²) < 4.78 is 5.30. The van der Waals surface area contributed by atoms with E-state index in [1.807, 2.05) is 24.3 Å². The van der Waals surface area contributed by atoms with E-state index in [9.17, 15) is 9.59 Å². The van der Waals surface area contributed by atoms with Crippen molar-refractivity contribution in [3.63, 3.8) is 0 Å². The van der Waals surface area contributed by atoms with Crippen molar-refractivity contribution in [2.75, 3.05) is 43.4 Å². The first-order valence-corrected chi connectivity index (χ1v) is 10.5. The zero-order chi connectivity index (χ0) is 21.4. The summed E-state index contributed by atoms with van der Waals surface area (Å²) in [7, 11) is 2.14. The molecule has 1 aliphatic rings. The predicted molar refractivity (Wildman–Crippen MR) is 117 cm³/mol. The molecule has 1 aliphatic heterocycles. The van der Waals surface area contributed by atoms with Gasteiger partial charge in [0.05, 0.1) is 0 Å². The van der Waals surface area contributed by atoms with E-state index in [1.165, 1.54) is 0 Å². The van der Waals surface area contributed by atoms with Gasteiger partial charge in [0.2, 0.25) is 5.91 Å². The van der Waals surface area contributed by atoms with E-state index in [0.717, 1.165) is 50.4 Å². The van der Waals surface area contributed by atoms with Gasteiger partial charge in [-0.05, 0) is 58.5 Å². The van der Waals surface area contributed by atoms with Gasteiger partial charge in [-0.2, -0.15) is 0 Å². The van der Waals surface area contributed by atoms with Crippen molar-refractivity contribution in [3.05, 3.63) is 24.3 Å². The summed E-state index contributed by atoms with van der Waals surface area (Å²) in [6, 6.07) is 7.26. The lowest BCUT2D eigenvalue weighted by atomic mass is 10.1. The van der Waals surface area contributed by atoms with E-state index < -0.39 is 17.7 Å². The van der Waals surface area contributed by atoms with Gasteiger partial charge in [0.1, 0.15) is 11.6 Å². The number of piperazine rings is 1. The van der Waals surface area contributed by atoms with E-state index in [1.54, 1.807) is 20.8 Å². The second-order valence-electron chi connectivity index (χ2n) is 8.67. The summed E-state index contributed by atoms with van der Waals surface area (Å²) >= 11 is 0. The number of likely N-dealkylation sites (N-methyl/N-ethyl adjacent to an activating group) is 1. The Labute approximate surface area is 174 Å². The molecule has 7 nitrogen and oxygen atoms in total. The minimum Gasteiger partial charge on any atom is -0.444 e. The zero-order valence-electron chi connectivity index (χ0n) is 18.5. The Morgan fingerprint density at radius 1 is 1.10 bits per heavy atom. The topological polar surface area (TPSA) is 73.9 Å². The smallest absolute Gasteiger partial charge is 0.408 e. The van der Waals surface area contributed by atoms with Crippen LogP contribution in [0.3, 0.4) is 0 Å². The summed E-state index contributed by atoms with van der Waals surface area (Å²) in [5, 5.41) is 5.63. The lowest BCUT2D eigenvalue weighted by Crippen LogP contribution is -2.45. The maximum atomic E-state index is 12.7. The number of hydrogen-bond acceptors (Lipinski definition) is 5. The minimum atomic E-state index is -0.623. The van der Waals surface area contributed by atoms with Crippen molar-refractivity contribution in [2.45, 2.75) is 58.6 Å². The van der Waals surface area contributed by atoms with Crippen LogP contribution >= 0.6 is 0 Å². The SMILES string of the molecule is CCCC[C@H](NC(=O)OC(C)(C)C)C(=O)Nc1ccc(N2CCN(C)CC2)cc1. The van der Waals surface area contributed by atoms with Gasteiger partial charge in [-0.25, -0.2) is 4.79 Å². The van der Waals surface area contributed by atoms with Gasteiger partial charge in [0.15, 0.2) is 0 Å². The fourth-order valence-electron chi connectivity index (χ4n) is 3.18. The van der Waals surface area contributed by atoms with Crippen LogP contribution in [-0.2, 0) is 9.53 Å². The molecule has 2 rings (SSSR count). The minimum absolute atomic E-state index is 0.225. The highest BCUT2D eigenvalue weighted by Crippen LogP contribution is 2.20. The van der Waals surface area contributed by atoms with E-state index in [-0.39, 0.29) is 5.91 Å². The molecule has 0 radical (unpaired) electrons. The Morgan fingerprint density at radius 2 is 1.72 bits per heavy atom. The number of rotatable bonds is 7. The highest BCUT2D eigenvalue weighted by molar-refractivity contribution is 5.96. The first-order chi connectivity index (χ1) is 13.7. The summed E-state index contributed by atoms with van der Waals surface area (Å²) in [5.74, 6) is -0.225. The van der Waals surface area contributed by atoms with Crippen molar-refractivity contribution < 1.29 is 14.3 Å². The number of carbonyl (C=O) groups excluding carboxylic acids is 2. The van der Waals surface area contributed by atoms with Crippen LogP contribution in [0, 0.1) is 0 Å². The standard InChI is InChI=1S/C22H36N4O3/c1-6-7-8-19(24-21(28)29-22(2,3)4)20(27)23-17-9-11-18(12-10-17)26-15-13-25(5)14-16-26/h9-12,19H,6-8,13-16H2,1-5H3,(H,23,27)(H,24,28)/t19-/m0/s1. The van der Waals surface area contributed by atoms with Crippen LogP contribution in [0.1, 0.15) is 47.0 Å². The summed E-state index contributed by atoms with van der Waals surface area (Å²) in [6.07, 6.45) is 1.79. The number of hydrogen-bond donors (Lipinski definition) is 2. The number of benzene rings is 1. The average molecular weight is 405 g/mol. The van der Waals surface area contributed by atoms with Gasteiger partial charge in [0.25, 0.3) is 0 Å². The molecule has 1 saturated heterocycles. The molecule has 1 atom stereocenters. The Balaban J connectivity index is 1.96. The summed E-state index contributed by atoms with van der Waals surface area (Å²) in [5.41, 5.74) is 1.28. The Morgan fingerprint density at radius 3 is 2.28 bits per heavy atom. The van der Waals surface area contributed by atoms with Crippen LogP contribution in [0.15, 0.2) is 24.3 Å². The molecule has 0 aromatic heterocycles. The number of anilines is 2. The van der Waals surface area contributed by atoms with Crippen LogP contribution in [-0.4, -0.2) is 61.8 Å². The summed E-state index contributed by atoms with van der Waals surface area (Å²) in [4.78, 5) is 29.5. The van der Waals surface area contributed by atoms with E-state index in [0.29, 0.717) is 6.42 Å². The van der Waals surface area contributed by atoms with Crippen molar-refractivity contribution in [3.8, 4) is 0 Å². The molecule has 1 aromatic rings. The van der Waals surface area contributed by atoms with E-state index in [4.69, 9.17) is 4.74 Å². The highest BCUT2D eigenvalue weighted by Gasteiger charge is 2.24. The van der Waals surface area contributed by atoms with Crippen molar-refractivity contribution >= 4 is 23.4 Å². The number of amides is 2. The Kier molecular flexibility index (Phi) is 8.32. The summed E-state index contributed by atoms with van der Waals surface area (Å²) in [6.45, 7) is 11.6. The fraction of sp³-hybridized carbons (Fsp3) is 0.636. The molecular formula is C22H36N4O3. The van der Waals surface area contributed by atoms with Crippen LogP contribution in [0.2, 0.25) is 0 Å². The lowest BCUT2D eigenvalue weighted by molar-refractivity contribution is -0.118. The number of carbonyl (C=O) groups is 2.